The van der Waals surface area contributed by atoms with E-state index in [1.807, 2.05) is 38.2 Å². The Morgan fingerprint density at radius 1 is 1.19 bits per heavy atom. The Morgan fingerprint density at radius 2 is 1.81 bits per heavy atom. The number of rotatable bonds is 4. The molecule has 88 valence electrons. The molecule has 2 N–H and O–H groups in total. The van der Waals surface area contributed by atoms with E-state index in [1.165, 1.54) is 0 Å². The lowest BCUT2D eigenvalue weighted by Gasteiger charge is -2.18. The zero-order valence-electron chi connectivity index (χ0n) is 10.4. The van der Waals surface area contributed by atoms with Crippen molar-refractivity contribution in [3.63, 3.8) is 0 Å². The van der Waals surface area contributed by atoms with Gasteiger partial charge < -0.3 is 10.6 Å². The molecule has 0 fully saturated rings. The Hall–Kier alpha value is -1.51. The van der Waals surface area contributed by atoms with Crippen molar-refractivity contribution in [3.05, 3.63) is 29.8 Å². The summed E-state index contributed by atoms with van der Waals surface area (Å²) < 4.78 is 0. The molecule has 1 rings (SSSR count). The molecule has 0 aromatic heterocycles. The summed E-state index contributed by atoms with van der Waals surface area (Å²) in [6.45, 7) is 6.20. The lowest BCUT2D eigenvalue weighted by atomic mass is 10.1. The van der Waals surface area contributed by atoms with Gasteiger partial charge in [-0.05, 0) is 25.0 Å². The van der Waals surface area contributed by atoms with E-state index in [0.29, 0.717) is 11.5 Å². The third-order valence-corrected chi connectivity index (χ3v) is 2.80. The monoisotopic (exact) mass is 220 g/mol. The molecule has 0 saturated heterocycles. The minimum Gasteiger partial charge on any atom is -0.387 e. The SMILES string of the molecule is CNc1ccccc1C(=O)NC(C)C(C)C. The number of hydrogen-bond donors (Lipinski definition) is 2. The molecule has 0 aliphatic carbocycles. The fourth-order valence-electron chi connectivity index (χ4n) is 1.35. The third-order valence-electron chi connectivity index (χ3n) is 2.80. The first-order valence-corrected chi connectivity index (χ1v) is 5.64. The zero-order chi connectivity index (χ0) is 12.1. The van der Waals surface area contributed by atoms with Crippen molar-refractivity contribution in [3.8, 4) is 0 Å². The van der Waals surface area contributed by atoms with Crippen LogP contribution >= 0.6 is 0 Å². The fraction of sp³-hybridized carbons (Fsp3) is 0.462. The van der Waals surface area contributed by atoms with E-state index in [4.69, 9.17) is 0 Å². The largest absolute Gasteiger partial charge is 0.387 e. The smallest absolute Gasteiger partial charge is 0.253 e. The maximum Gasteiger partial charge on any atom is 0.253 e. The van der Waals surface area contributed by atoms with Crippen LogP contribution in [0.2, 0.25) is 0 Å². The summed E-state index contributed by atoms with van der Waals surface area (Å²) in [5.74, 6) is 0.414. The van der Waals surface area contributed by atoms with Crippen molar-refractivity contribution >= 4 is 11.6 Å². The molecule has 1 atom stereocenters. The molecule has 0 saturated carbocycles. The first kappa shape index (κ1) is 12.6. The van der Waals surface area contributed by atoms with Gasteiger partial charge in [-0.15, -0.1) is 0 Å². The van der Waals surface area contributed by atoms with Gasteiger partial charge in [-0.3, -0.25) is 4.79 Å². The van der Waals surface area contributed by atoms with E-state index in [0.717, 1.165) is 5.69 Å². The molecule has 1 aromatic rings. The van der Waals surface area contributed by atoms with Crippen LogP contribution in [-0.4, -0.2) is 19.0 Å². The molecule has 0 bridgehead atoms. The van der Waals surface area contributed by atoms with Gasteiger partial charge >= 0.3 is 0 Å². The molecule has 0 spiro atoms. The second-order valence-corrected chi connectivity index (χ2v) is 4.30. The number of anilines is 1. The summed E-state index contributed by atoms with van der Waals surface area (Å²) in [6, 6.07) is 7.69. The van der Waals surface area contributed by atoms with Crippen molar-refractivity contribution in [2.45, 2.75) is 26.8 Å². The van der Waals surface area contributed by atoms with E-state index < -0.39 is 0 Å². The lowest BCUT2D eigenvalue weighted by molar-refractivity contribution is 0.0931. The Morgan fingerprint density at radius 3 is 2.38 bits per heavy atom. The molecule has 1 aromatic carbocycles. The van der Waals surface area contributed by atoms with Gasteiger partial charge in [-0.1, -0.05) is 26.0 Å². The molecular weight excluding hydrogens is 200 g/mol. The van der Waals surface area contributed by atoms with E-state index in [1.54, 1.807) is 0 Å². The molecule has 3 heteroatoms. The highest BCUT2D eigenvalue weighted by molar-refractivity contribution is 5.99. The number of amides is 1. The van der Waals surface area contributed by atoms with Crippen LogP contribution in [0.15, 0.2) is 24.3 Å². The van der Waals surface area contributed by atoms with Crippen LogP contribution in [-0.2, 0) is 0 Å². The molecule has 3 nitrogen and oxygen atoms in total. The second kappa shape index (κ2) is 5.54. The van der Waals surface area contributed by atoms with Crippen LogP contribution < -0.4 is 10.6 Å². The number of nitrogens with one attached hydrogen (secondary N) is 2. The molecule has 16 heavy (non-hydrogen) atoms. The summed E-state index contributed by atoms with van der Waals surface area (Å²) in [4.78, 5) is 12.0. The molecule has 1 unspecified atom stereocenters. The topological polar surface area (TPSA) is 41.1 Å². The summed E-state index contributed by atoms with van der Waals surface area (Å²) >= 11 is 0. The highest BCUT2D eigenvalue weighted by atomic mass is 16.1. The normalized spacial score (nSPS) is 12.3. The van der Waals surface area contributed by atoms with Crippen molar-refractivity contribution < 1.29 is 4.79 Å². The van der Waals surface area contributed by atoms with Gasteiger partial charge in [-0.25, -0.2) is 0 Å². The Kier molecular flexibility index (Phi) is 4.35. The lowest BCUT2D eigenvalue weighted by Crippen LogP contribution is -2.36. The van der Waals surface area contributed by atoms with Crippen LogP contribution in [0, 0.1) is 5.92 Å². The summed E-state index contributed by atoms with van der Waals surface area (Å²) in [5.41, 5.74) is 1.55. The standard InChI is InChI=1S/C13H20N2O/c1-9(2)10(3)15-13(16)11-7-5-6-8-12(11)14-4/h5-10,14H,1-4H3,(H,15,16). The maximum absolute atomic E-state index is 12.0. The summed E-state index contributed by atoms with van der Waals surface area (Å²) in [5, 5.41) is 6.01. The molecule has 0 aliphatic heterocycles. The average Bonchev–Trinajstić information content (AvgIpc) is 2.28. The Balaban J connectivity index is 2.80. The number of carbonyl (C=O) groups is 1. The molecule has 1 amide bonds. The zero-order valence-corrected chi connectivity index (χ0v) is 10.4. The number of para-hydroxylation sites is 1. The van der Waals surface area contributed by atoms with Crippen molar-refractivity contribution in [2.24, 2.45) is 5.92 Å². The average molecular weight is 220 g/mol. The van der Waals surface area contributed by atoms with Crippen LogP contribution in [0.1, 0.15) is 31.1 Å². The Bertz CT molecular complexity index is 361. The first-order valence-electron chi connectivity index (χ1n) is 5.64. The summed E-state index contributed by atoms with van der Waals surface area (Å²) in [6.07, 6.45) is 0. The fourth-order valence-corrected chi connectivity index (χ4v) is 1.35. The van der Waals surface area contributed by atoms with Gasteiger partial charge in [0.1, 0.15) is 0 Å². The highest BCUT2D eigenvalue weighted by Gasteiger charge is 2.14. The van der Waals surface area contributed by atoms with E-state index in [-0.39, 0.29) is 11.9 Å². The predicted molar refractivity (Wildman–Crippen MR) is 67.8 cm³/mol. The number of hydrogen-bond acceptors (Lipinski definition) is 2. The van der Waals surface area contributed by atoms with Crippen LogP contribution in [0.5, 0.6) is 0 Å². The van der Waals surface area contributed by atoms with Crippen LogP contribution in [0.25, 0.3) is 0 Å². The van der Waals surface area contributed by atoms with Crippen LogP contribution in [0.3, 0.4) is 0 Å². The summed E-state index contributed by atoms with van der Waals surface area (Å²) in [7, 11) is 1.82. The van der Waals surface area contributed by atoms with Crippen LogP contribution in [0.4, 0.5) is 5.69 Å². The third kappa shape index (κ3) is 2.99. The van der Waals surface area contributed by atoms with Gasteiger partial charge in [0.05, 0.1) is 5.56 Å². The van der Waals surface area contributed by atoms with Gasteiger partial charge in [0, 0.05) is 18.8 Å². The van der Waals surface area contributed by atoms with Crippen molar-refractivity contribution in [1.82, 2.24) is 5.32 Å². The minimum absolute atomic E-state index is 0.0221. The number of benzene rings is 1. The van der Waals surface area contributed by atoms with Gasteiger partial charge in [0.15, 0.2) is 0 Å². The van der Waals surface area contributed by atoms with Gasteiger partial charge in [0.2, 0.25) is 0 Å². The van der Waals surface area contributed by atoms with E-state index >= 15 is 0 Å². The maximum atomic E-state index is 12.0. The molecular formula is C13H20N2O. The van der Waals surface area contributed by atoms with E-state index in [9.17, 15) is 4.79 Å². The molecule has 0 radical (unpaired) electrons. The first-order chi connectivity index (χ1) is 7.56. The number of carbonyl (C=O) groups excluding carboxylic acids is 1. The molecule has 0 heterocycles. The minimum atomic E-state index is -0.0221. The van der Waals surface area contributed by atoms with E-state index in [2.05, 4.69) is 24.5 Å². The quantitative estimate of drug-likeness (QED) is 0.818. The van der Waals surface area contributed by atoms with Gasteiger partial charge in [0.25, 0.3) is 5.91 Å². The predicted octanol–water partition coefficient (Wildman–Crippen LogP) is 2.50. The van der Waals surface area contributed by atoms with Gasteiger partial charge in [-0.2, -0.15) is 0 Å². The van der Waals surface area contributed by atoms with Crippen molar-refractivity contribution in [1.29, 1.82) is 0 Å². The second-order valence-electron chi connectivity index (χ2n) is 4.30. The molecule has 0 aliphatic rings. The van der Waals surface area contributed by atoms with Crippen molar-refractivity contribution in [2.75, 3.05) is 12.4 Å². The highest BCUT2D eigenvalue weighted by Crippen LogP contribution is 2.14. The Labute approximate surface area is 97.2 Å².